The molecule has 126 valence electrons. The van der Waals surface area contributed by atoms with Crippen molar-refractivity contribution in [2.75, 3.05) is 20.6 Å². The number of aromatic amines is 1. The quantitative estimate of drug-likeness (QED) is 0.608. The summed E-state index contributed by atoms with van der Waals surface area (Å²) in [6.45, 7) is 5.01. The Bertz CT molecular complexity index is 661. The lowest BCUT2D eigenvalue weighted by Crippen LogP contribution is -2.35. The zero-order chi connectivity index (χ0) is 17.0. The van der Waals surface area contributed by atoms with Crippen molar-refractivity contribution >= 4 is 16.9 Å². The van der Waals surface area contributed by atoms with Crippen LogP contribution in [0.5, 0.6) is 5.75 Å². The Morgan fingerprint density at radius 3 is 2.74 bits per heavy atom. The molecule has 0 aliphatic carbocycles. The first-order chi connectivity index (χ1) is 10.9. The Balaban J connectivity index is 2.22. The number of esters is 1. The van der Waals surface area contributed by atoms with Crippen LogP contribution in [0.4, 0.5) is 0 Å². The van der Waals surface area contributed by atoms with Crippen LogP contribution in [0.1, 0.15) is 25.8 Å². The summed E-state index contributed by atoms with van der Waals surface area (Å²) in [6, 6.07) is 5.11. The minimum atomic E-state index is -0.588. The maximum atomic E-state index is 12.2. The Labute approximate surface area is 137 Å². The second-order valence-electron chi connectivity index (χ2n) is 6.70. The maximum Gasteiger partial charge on any atom is 0.328 e. The van der Waals surface area contributed by atoms with E-state index in [-0.39, 0.29) is 5.97 Å². The molecule has 1 aromatic carbocycles. The van der Waals surface area contributed by atoms with Gasteiger partial charge in [-0.1, -0.05) is 19.9 Å². The van der Waals surface area contributed by atoms with Gasteiger partial charge >= 0.3 is 5.97 Å². The van der Waals surface area contributed by atoms with E-state index in [1.165, 1.54) is 0 Å². The van der Waals surface area contributed by atoms with Crippen molar-refractivity contribution in [2.45, 2.75) is 32.7 Å². The molecule has 0 saturated carbocycles. The fourth-order valence-corrected chi connectivity index (χ4v) is 2.63. The van der Waals surface area contributed by atoms with E-state index in [1.807, 2.05) is 52.3 Å². The topological polar surface area (TPSA) is 71.4 Å². The largest absolute Gasteiger partial charge is 0.425 e. The zero-order valence-electron chi connectivity index (χ0n) is 14.4. The van der Waals surface area contributed by atoms with E-state index in [2.05, 4.69) is 9.88 Å². The molecule has 0 radical (unpaired) electrons. The van der Waals surface area contributed by atoms with Crippen molar-refractivity contribution in [1.82, 2.24) is 9.88 Å². The molecule has 0 spiro atoms. The van der Waals surface area contributed by atoms with Gasteiger partial charge in [0.25, 0.3) is 0 Å². The third-order valence-electron chi connectivity index (χ3n) is 3.82. The minimum Gasteiger partial charge on any atom is -0.425 e. The summed E-state index contributed by atoms with van der Waals surface area (Å²) >= 11 is 0. The number of aromatic nitrogens is 1. The number of likely N-dealkylation sites (N-methyl/N-ethyl adjacent to an activating group) is 1. The number of carbonyl (C=O) groups is 1. The van der Waals surface area contributed by atoms with Gasteiger partial charge < -0.3 is 20.4 Å². The second kappa shape index (κ2) is 7.62. The molecule has 3 N–H and O–H groups in total. The van der Waals surface area contributed by atoms with Gasteiger partial charge in [0, 0.05) is 23.6 Å². The normalized spacial score (nSPS) is 13.0. The number of nitrogens with one attached hydrogen (secondary N) is 1. The van der Waals surface area contributed by atoms with E-state index in [0.29, 0.717) is 18.1 Å². The summed E-state index contributed by atoms with van der Waals surface area (Å²) in [5.41, 5.74) is 8.05. The van der Waals surface area contributed by atoms with Gasteiger partial charge in [0.15, 0.2) is 0 Å². The molecule has 1 heterocycles. The van der Waals surface area contributed by atoms with Gasteiger partial charge in [-0.25, -0.2) is 4.79 Å². The van der Waals surface area contributed by atoms with Crippen LogP contribution in [0.15, 0.2) is 24.4 Å². The second-order valence-corrected chi connectivity index (χ2v) is 6.70. The number of benzene rings is 1. The number of carbonyl (C=O) groups excluding carboxylic acids is 1. The summed E-state index contributed by atoms with van der Waals surface area (Å²) in [7, 11) is 4.08. The van der Waals surface area contributed by atoms with Crippen LogP contribution in [0.25, 0.3) is 10.9 Å². The van der Waals surface area contributed by atoms with Crippen LogP contribution in [0, 0.1) is 5.92 Å². The summed E-state index contributed by atoms with van der Waals surface area (Å²) in [5.74, 6) is 0.573. The van der Waals surface area contributed by atoms with E-state index < -0.39 is 6.04 Å². The van der Waals surface area contributed by atoms with Crippen LogP contribution in [0.3, 0.4) is 0 Å². The predicted molar refractivity (Wildman–Crippen MR) is 93.6 cm³/mol. The molecule has 0 saturated heterocycles. The lowest BCUT2D eigenvalue weighted by Gasteiger charge is -2.14. The van der Waals surface area contributed by atoms with Crippen LogP contribution < -0.4 is 10.5 Å². The molecule has 5 nitrogen and oxygen atoms in total. The molecule has 0 fully saturated rings. The van der Waals surface area contributed by atoms with Gasteiger partial charge in [-0.3, -0.25) is 0 Å². The first kappa shape index (κ1) is 17.5. The Morgan fingerprint density at radius 2 is 2.09 bits per heavy atom. The van der Waals surface area contributed by atoms with Crippen LogP contribution in [-0.2, 0) is 11.2 Å². The first-order valence-electron chi connectivity index (χ1n) is 8.09. The molecule has 0 aliphatic heterocycles. The molecular formula is C18H27N3O2. The maximum absolute atomic E-state index is 12.2. The van der Waals surface area contributed by atoms with Crippen molar-refractivity contribution in [1.29, 1.82) is 0 Å². The first-order valence-corrected chi connectivity index (χ1v) is 8.09. The lowest BCUT2D eigenvalue weighted by atomic mass is 10.0. The highest BCUT2D eigenvalue weighted by atomic mass is 16.5. The molecule has 0 amide bonds. The van der Waals surface area contributed by atoms with E-state index in [0.717, 1.165) is 29.4 Å². The SMILES string of the molecule is CC(C)C[C@H](N)C(=O)Oc1cccc2[nH]cc(CCN(C)C)c12. The molecule has 0 aliphatic rings. The average molecular weight is 317 g/mol. The Kier molecular flexibility index (Phi) is 5.80. The number of nitrogens with zero attached hydrogens (tertiary/aromatic N) is 1. The zero-order valence-corrected chi connectivity index (χ0v) is 14.4. The number of fused-ring (bicyclic) bond motifs is 1. The highest BCUT2D eigenvalue weighted by Gasteiger charge is 2.19. The number of rotatable bonds is 7. The van der Waals surface area contributed by atoms with Gasteiger partial charge in [-0.15, -0.1) is 0 Å². The Hall–Kier alpha value is -1.85. The van der Waals surface area contributed by atoms with Crippen molar-refractivity contribution in [3.8, 4) is 5.75 Å². The molecule has 2 aromatic rings. The van der Waals surface area contributed by atoms with Gasteiger partial charge in [-0.2, -0.15) is 0 Å². The minimum absolute atomic E-state index is 0.358. The summed E-state index contributed by atoms with van der Waals surface area (Å²) in [6.07, 6.45) is 3.49. The van der Waals surface area contributed by atoms with Gasteiger partial charge in [-0.05, 0) is 50.6 Å². The average Bonchev–Trinajstić information content (AvgIpc) is 2.88. The summed E-state index contributed by atoms with van der Waals surface area (Å²) in [5, 5.41) is 0.972. The highest BCUT2D eigenvalue weighted by Crippen LogP contribution is 2.29. The van der Waals surface area contributed by atoms with Crippen molar-refractivity contribution < 1.29 is 9.53 Å². The van der Waals surface area contributed by atoms with Gasteiger partial charge in [0.05, 0.1) is 0 Å². The van der Waals surface area contributed by atoms with E-state index in [1.54, 1.807) is 0 Å². The third kappa shape index (κ3) is 4.56. The summed E-state index contributed by atoms with van der Waals surface area (Å²) in [4.78, 5) is 17.6. The van der Waals surface area contributed by atoms with E-state index in [4.69, 9.17) is 10.5 Å². The number of hydrogen-bond donors (Lipinski definition) is 2. The molecule has 0 unspecified atom stereocenters. The fourth-order valence-electron chi connectivity index (χ4n) is 2.63. The molecule has 2 rings (SSSR count). The molecule has 0 bridgehead atoms. The molecule has 23 heavy (non-hydrogen) atoms. The Morgan fingerprint density at radius 1 is 1.35 bits per heavy atom. The van der Waals surface area contributed by atoms with Crippen molar-refractivity contribution in [3.05, 3.63) is 30.0 Å². The summed E-state index contributed by atoms with van der Waals surface area (Å²) < 4.78 is 5.60. The fraction of sp³-hybridized carbons (Fsp3) is 0.500. The standard InChI is InChI=1S/C18H27N3O2/c1-12(2)10-14(19)18(22)23-16-7-5-6-15-17(16)13(11-20-15)8-9-21(3)4/h5-7,11-12,14,20H,8-10,19H2,1-4H3/t14-/m0/s1. The van der Waals surface area contributed by atoms with Crippen LogP contribution >= 0.6 is 0 Å². The van der Waals surface area contributed by atoms with Crippen molar-refractivity contribution in [2.24, 2.45) is 11.7 Å². The lowest BCUT2D eigenvalue weighted by molar-refractivity contribution is -0.136. The molecular weight excluding hydrogens is 290 g/mol. The number of H-pyrrole nitrogens is 1. The third-order valence-corrected chi connectivity index (χ3v) is 3.82. The van der Waals surface area contributed by atoms with Crippen molar-refractivity contribution in [3.63, 3.8) is 0 Å². The highest BCUT2D eigenvalue weighted by molar-refractivity contribution is 5.92. The van der Waals surface area contributed by atoms with Crippen LogP contribution in [0.2, 0.25) is 0 Å². The number of nitrogens with two attached hydrogens (primary N) is 1. The van der Waals surface area contributed by atoms with Gasteiger partial charge in [0.2, 0.25) is 0 Å². The monoisotopic (exact) mass is 317 g/mol. The number of ether oxygens (including phenoxy) is 1. The predicted octanol–water partition coefficient (Wildman–Crippen LogP) is 2.55. The molecule has 1 aromatic heterocycles. The van der Waals surface area contributed by atoms with Gasteiger partial charge in [0.1, 0.15) is 11.8 Å². The molecule has 5 heteroatoms. The smallest absolute Gasteiger partial charge is 0.328 e. The number of hydrogen-bond acceptors (Lipinski definition) is 4. The van der Waals surface area contributed by atoms with E-state index >= 15 is 0 Å². The molecule has 1 atom stereocenters. The van der Waals surface area contributed by atoms with E-state index in [9.17, 15) is 4.79 Å². The van der Waals surface area contributed by atoms with Crippen LogP contribution in [-0.4, -0.2) is 42.5 Å².